The van der Waals surface area contributed by atoms with Crippen molar-refractivity contribution >= 4 is 21.4 Å². The van der Waals surface area contributed by atoms with Crippen molar-refractivity contribution in [2.45, 2.75) is 23.7 Å². The van der Waals surface area contributed by atoms with Gasteiger partial charge in [-0.15, -0.1) is 0 Å². The van der Waals surface area contributed by atoms with Crippen molar-refractivity contribution in [1.82, 2.24) is 4.90 Å². The molecule has 0 bridgehead atoms. The summed E-state index contributed by atoms with van der Waals surface area (Å²) in [5, 5.41) is 6.45. The number of aliphatic imine (C=N–C) groups is 1. The van der Waals surface area contributed by atoms with Gasteiger partial charge < -0.3 is 29.6 Å². The summed E-state index contributed by atoms with van der Waals surface area (Å²) in [5.41, 5.74) is 0. The molecule has 0 radical (unpaired) electrons. The highest BCUT2D eigenvalue weighted by molar-refractivity contribution is 7.72. The van der Waals surface area contributed by atoms with E-state index >= 15 is 0 Å². The van der Waals surface area contributed by atoms with Gasteiger partial charge in [0.15, 0.2) is 0 Å². The van der Waals surface area contributed by atoms with Gasteiger partial charge in [0.1, 0.15) is 6.17 Å². The molecule has 0 saturated heterocycles. The molecular formula is C9H14N2O7P2. The molecule has 2 rings (SSSR count). The van der Waals surface area contributed by atoms with E-state index < -0.39 is 38.9 Å². The van der Waals surface area contributed by atoms with Gasteiger partial charge in [0.2, 0.25) is 0 Å². The molecule has 0 amide bonds. The monoisotopic (exact) mass is 324 g/mol. The number of allylic oxidation sites excluding steroid dienone is 2. The van der Waals surface area contributed by atoms with Gasteiger partial charge in [0.25, 0.3) is 5.08 Å². The number of aliphatic hydroxyl groups is 1. The van der Waals surface area contributed by atoms with Gasteiger partial charge in [0.05, 0.1) is 6.04 Å². The zero-order chi connectivity index (χ0) is 15.2. The lowest BCUT2D eigenvalue weighted by atomic mass is 10.2. The highest BCUT2D eigenvalue weighted by Crippen LogP contribution is 2.69. The van der Waals surface area contributed by atoms with Crippen molar-refractivity contribution in [3.05, 3.63) is 24.4 Å². The van der Waals surface area contributed by atoms with E-state index in [0.29, 0.717) is 0 Å². The van der Waals surface area contributed by atoms with Gasteiger partial charge in [-0.3, -0.25) is 14.1 Å². The average molecular weight is 324 g/mol. The molecule has 11 heteroatoms. The first kappa shape index (κ1) is 15.6. The molecule has 2 unspecified atom stereocenters. The Morgan fingerprint density at radius 3 is 2.30 bits per heavy atom. The van der Waals surface area contributed by atoms with E-state index in [4.69, 9.17) is 19.6 Å². The summed E-state index contributed by atoms with van der Waals surface area (Å²) >= 11 is 0. The first-order valence-corrected chi connectivity index (χ1v) is 8.78. The molecule has 0 saturated carbocycles. The van der Waals surface area contributed by atoms with Gasteiger partial charge in [-0.05, 0) is 12.2 Å². The third kappa shape index (κ3) is 2.54. The van der Waals surface area contributed by atoms with E-state index in [1.54, 1.807) is 24.4 Å². The fourth-order valence-electron chi connectivity index (χ4n) is 2.04. The maximum absolute atomic E-state index is 11.3. The van der Waals surface area contributed by atoms with Crippen molar-refractivity contribution in [1.29, 1.82) is 0 Å². The van der Waals surface area contributed by atoms with Crippen LogP contribution in [0, 0.1) is 0 Å². The smallest absolute Gasteiger partial charge is 0.367 e. The van der Waals surface area contributed by atoms with E-state index in [2.05, 4.69) is 4.99 Å². The number of fused-ring (bicyclic) bond motifs is 1. The Bertz CT molecular complexity index is 553. The van der Waals surface area contributed by atoms with Crippen molar-refractivity contribution in [2.24, 2.45) is 4.99 Å². The first-order chi connectivity index (χ1) is 9.06. The normalized spacial score (nSPS) is 26.1. The largest absolute Gasteiger partial charge is 0.369 e. The van der Waals surface area contributed by atoms with Crippen molar-refractivity contribution in [3.8, 4) is 0 Å². The Hall–Kier alpha value is -0.790. The molecule has 2 atom stereocenters. The molecule has 2 heterocycles. The van der Waals surface area contributed by atoms with Gasteiger partial charge >= 0.3 is 15.2 Å². The molecular weight excluding hydrogens is 310 g/mol. The van der Waals surface area contributed by atoms with E-state index in [-0.39, 0.29) is 0 Å². The predicted molar refractivity (Wildman–Crippen MR) is 69.8 cm³/mol. The third-order valence-corrected chi connectivity index (χ3v) is 6.96. The van der Waals surface area contributed by atoms with Crippen molar-refractivity contribution in [3.63, 3.8) is 0 Å². The van der Waals surface area contributed by atoms with Crippen molar-refractivity contribution < 1.29 is 33.8 Å². The van der Waals surface area contributed by atoms with E-state index in [0.717, 1.165) is 0 Å². The Morgan fingerprint density at radius 1 is 1.15 bits per heavy atom. The van der Waals surface area contributed by atoms with E-state index in [1.165, 1.54) is 11.1 Å². The van der Waals surface area contributed by atoms with Crippen LogP contribution in [0.5, 0.6) is 0 Å². The molecule has 0 aromatic heterocycles. The second-order valence-electron chi connectivity index (χ2n) is 4.52. The standard InChI is InChI=1S/C9H14N2O7P2/c12-9(19(13,14)15,20(16,17)18)5-7-6-10-8-3-1-2-4-11(7)8/h1-4,6-8,12H,5H2,(H2,13,14,15)(H2,16,17,18). The summed E-state index contributed by atoms with van der Waals surface area (Å²) in [6.45, 7) is 0. The third-order valence-electron chi connectivity index (χ3n) is 3.17. The minimum Gasteiger partial charge on any atom is -0.367 e. The molecule has 5 N–H and O–H groups in total. The van der Waals surface area contributed by atoms with Crippen molar-refractivity contribution in [2.75, 3.05) is 0 Å². The highest BCUT2D eigenvalue weighted by atomic mass is 31.2. The Balaban J connectivity index is 2.29. The molecule has 112 valence electrons. The maximum atomic E-state index is 11.3. The van der Waals surface area contributed by atoms with E-state index in [1.807, 2.05) is 0 Å². The summed E-state index contributed by atoms with van der Waals surface area (Å²) in [4.78, 5) is 42.0. The van der Waals surface area contributed by atoms with Crippen LogP contribution in [0.4, 0.5) is 0 Å². The van der Waals surface area contributed by atoms with Crippen LogP contribution in [0.1, 0.15) is 6.42 Å². The van der Waals surface area contributed by atoms with Crippen LogP contribution < -0.4 is 0 Å². The number of hydrogen-bond donors (Lipinski definition) is 5. The van der Waals surface area contributed by atoms with Gasteiger partial charge in [-0.25, -0.2) is 0 Å². The molecule has 0 aromatic carbocycles. The summed E-state index contributed by atoms with van der Waals surface area (Å²) in [5.74, 6) is 0. The maximum Gasteiger partial charge on any atom is 0.369 e. The second-order valence-corrected chi connectivity index (χ2v) is 8.53. The Morgan fingerprint density at radius 2 is 1.75 bits per heavy atom. The van der Waals surface area contributed by atoms with Crippen LogP contribution in [0.15, 0.2) is 29.4 Å². The average Bonchev–Trinajstić information content (AvgIpc) is 2.70. The summed E-state index contributed by atoms with van der Waals surface area (Å²) in [7, 11) is -10.9. The lowest BCUT2D eigenvalue weighted by Crippen LogP contribution is -2.41. The molecule has 2 aliphatic heterocycles. The lowest BCUT2D eigenvalue weighted by molar-refractivity contribution is 0.106. The quantitative estimate of drug-likeness (QED) is 0.436. The minimum absolute atomic E-state index is 0.400. The topological polar surface area (TPSA) is 151 Å². The summed E-state index contributed by atoms with van der Waals surface area (Å²) in [6, 6.07) is -0.827. The molecule has 0 fully saturated rings. The van der Waals surface area contributed by atoms with E-state index in [9.17, 15) is 14.2 Å². The van der Waals surface area contributed by atoms with Gasteiger partial charge in [0, 0.05) is 18.8 Å². The van der Waals surface area contributed by atoms with Crippen LogP contribution in [-0.2, 0) is 9.13 Å². The summed E-state index contributed by atoms with van der Waals surface area (Å²) < 4.78 is 22.6. The zero-order valence-corrected chi connectivity index (χ0v) is 11.9. The Kier molecular flexibility index (Phi) is 3.81. The van der Waals surface area contributed by atoms with Crippen LogP contribution in [0.2, 0.25) is 0 Å². The van der Waals surface area contributed by atoms with Gasteiger partial charge in [-0.1, -0.05) is 6.08 Å². The van der Waals surface area contributed by atoms with Crippen LogP contribution in [-0.4, -0.2) is 53.1 Å². The fourth-order valence-corrected chi connectivity index (χ4v) is 4.25. The van der Waals surface area contributed by atoms with Gasteiger partial charge in [-0.2, -0.15) is 0 Å². The first-order valence-electron chi connectivity index (χ1n) is 5.56. The minimum atomic E-state index is -5.45. The fraction of sp³-hybridized carbons (Fsp3) is 0.444. The highest BCUT2D eigenvalue weighted by Gasteiger charge is 2.60. The zero-order valence-electron chi connectivity index (χ0n) is 10.1. The molecule has 20 heavy (non-hydrogen) atoms. The Labute approximate surface area is 114 Å². The number of rotatable bonds is 4. The second kappa shape index (κ2) is 4.89. The van der Waals surface area contributed by atoms with Crippen LogP contribution in [0.3, 0.4) is 0 Å². The number of nitrogens with zero attached hydrogens (tertiary/aromatic N) is 2. The predicted octanol–water partition coefficient (Wildman–Crippen LogP) is -0.457. The molecule has 9 nitrogen and oxygen atoms in total. The molecule has 0 aromatic rings. The SMILES string of the molecule is O=P(O)(O)C(O)(CC1C=NC2C=CC=CN12)P(=O)(O)O. The molecule has 2 aliphatic rings. The van der Waals surface area contributed by atoms with Crippen LogP contribution >= 0.6 is 15.2 Å². The van der Waals surface area contributed by atoms with Crippen LogP contribution in [0.25, 0.3) is 0 Å². The molecule has 0 aliphatic carbocycles. The molecule has 0 spiro atoms. The lowest BCUT2D eigenvalue weighted by Gasteiger charge is -2.34. The number of hydrogen-bond acceptors (Lipinski definition) is 5. The summed E-state index contributed by atoms with van der Waals surface area (Å²) in [6.07, 6.45) is 6.71.